The lowest BCUT2D eigenvalue weighted by Gasteiger charge is -2.11. The lowest BCUT2D eigenvalue weighted by Crippen LogP contribution is -2.06. The summed E-state index contributed by atoms with van der Waals surface area (Å²) in [4.78, 5) is 4.19. The summed E-state index contributed by atoms with van der Waals surface area (Å²) >= 11 is 18.1. The molecule has 0 bridgehead atoms. The summed E-state index contributed by atoms with van der Waals surface area (Å²) in [7, 11) is 0. The summed E-state index contributed by atoms with van der Waals surface area (Å²) in [5.41, 5.74) is 0.718. The van der Waals surface area contributed by atoms with Crippen molar-refractivity contribution in [2.24, 2.45) is 0 Å². The van der Waals surface area contributed by atoms with E-state index in [1.54, 1.807) is 35.2 Å². The third kappa shape index (κ3) is 2.64. The molecule has 0 aliphatic carbocycles. The molecule has 1 heterocycles. The van der Waals surface area contributed by atoms with Gasteiger partial charge in [0.15, 0.2) is 0 Å². The van der Waals surface area contributed by atoms with E-state index < -0.39 is 0 Å². The van der Waals surface area contributed by atoms with E-state index >= 15 is 0 Å². The molecular weight excluding hydrogens is 293 g/mol. The summed E-state index contributed by atoms with van der Waals surface area (Å²) in [6.45, 7) is 4.25. The fourth-order valence-corrected chi connectivity index (χ4v) is 2.12. The van der Waals surface area contributed by atoms with Gasteiger partial charge >= 0.3 is 0 Å². The van der Waals surface area contributed by atoms with E-state index in [-0.39, 0.29) is 0 Å². The molecular formula is C12H10Cl3N3. The molecule has 3 nitrogen and oxygen atoms in total. The van der Waals surface area contributed by atoms with E-state index in [0.717, 1.165) is 5.69 Å². The van der Waals surface area contributed by atoms with Crippen LogP contribution in [-0.4, -0.2) is 16.1 Å². The number of imidazole rings is 1. The molecule has 0 saturated carbocycles. The maximum atomic E-state index is 6.16. The molecule has 1 aromatic carbocycles. The van der Waals surface area contributed by atoms with Crippen molar-refractivity contribution >= 4 is 40.8 Å². The Morgan fingerprint density at radius 2 is 1.94 bits per heavy atom. The molecule has 0 saturated heterocycles. The zero-order chi connectivity index (χ0) is 13.1. The van der Waals surface area contributed by atoms with Crippen LogP contribution >= 0.6 is 34.8 Å². The third-order valence-corrected chi connectivity index (χ3v) is 3.32. The van der Waals surface area contributed by atoms with E-state index in [1.165, 1.54) is 0 Å². The maximum absolute atomic E-state index is 6.16. The highest BCUT2D eigenvalue weighted by Gasteiger charge is 2.10. The fraction of sp³-hybridized carbons (Fsp3) is 0.0833. The van der Waals surface area contributed by atoms with Crippen molar-refractivity contribution in [3.05, 3.63) is 52.2 Å². The number of benzene rings is 1. The zero-order valence-electron chi connectivity index (χ0n) is 9.33. The minimum absolute atomic E-state index is 0.422. The number of nitrogens with zero attached hydrogens (tertiary/aromatic N) is 2. The van der Waals surface area contributed by atoms with Crippen LogP contribution in [0.15, 0.2) is 37.2 Å². The Hall–Kier alpha value is -1.16. The lowest BCUT2D eigenvalue weighted by molar-refractivity contribution is 1.04. The molecule has 2 aromatic rings. The van der Waals surface area contributed by atoms with Gasteiger partial charge in [-0.15, -0.1) is 6.58 Å². The van der Waals surface area contributed by atoms with E-state index in [1.807, 2.05) is 0 Å². The summed E-state index contributed by atoms with van der Waals surface area (Å²) in [5.74, 6) is 0.662. The van der Waals surface area contributed by atoms with Crippen molar-refractivity contribution in [1.82, 2.24) is 9.55 Å². The SMILES string of the molecule is C=CCNc1nccn1-c1cc(Cl)c(Cl)cc1Cl. The van der Waals surface area contributed by atoms with Crippen LogP contribution in [0.25, 0.3) is 5.69 Å². The second-order valence-electron chi connectivity index (χ2n) is 3.51. The predicted molar refractivity (Wildman–Crippen MR) is 77.3 cm³/mol. The normalized spacial score (nSPS) is 10.4. The number of nitrogens with one attached hydrogen (secondary N) is 1. The van der Waals surface area contributed by atoms with Gasteiger partial charge in [0.1, 0.15) is 0 Å². The molecule has 1 N–H and O–H groups in total. The average Bonchev–Trinajstić information content (AvgIpc) is 2.79. The molecule has 18 heavy (non-hydrogen) atoms. The van der Waals surface area contributed by atoms with Gasteiger partial charge in [-0.25, -0.2) is 4.98 Å². The van der Waals surface area contributed by atoms with Crippen molar-refractivity contribution in [3.8, 4) is 5.69 Å². The summed E-state index contributed by atoms with van der Waals surface area (Å²) in [6, 6.07) is 3.31. The van der Waals surface area contributed by atoms with Crippen molar-refractivity contribution < 1.29 is 0 Å². The Kier molecular flexibility index (Phi) is 4.17. The Labute approximate surface area is 120 Å². The van der Waals surface area contributed by atoms with Gasteiger partial charge in [0.25, 0.3) is 0 Å². The molecule has 0 atom stereocenters. The molecule has 94 valence electrons. The Bertz CT molecular complexity index is 578. The van der Waals surface area contributed by atoms with Gasteiger partial charge in [0, 0.05) is 18.9 Å². The smallest absolute Gasteiger partial charge is 0.207 e. The largest absolute Gasteiger partial charge is 0.352 e. The molecule has 6 heteroatoms. The van der Waals surface area contributed by atoms with Crippen LogP contribution in [0.4, 0.5) is 5.95 Å². The van der Waals surface area contributed by atoms with Gasteiger partial charge in [0.05, 0.1) is 20.8 Å². The van der Waals surface area contributed by atoms with E-state index in [9.17, 15) is 0 Å². The van der Waals surface area contributed by atoms with E-state index in [0.29, 0.717) is 27.6 Å². The molecule has 0 unspecified atom stereocenters. The molecule has 0 radical (unpaired) electrons. The van der Waals surface area contributed by atoms with Crippen LogP contribution in [0.3, 0.4) is 0 Å². The van der Waals surface area contributed by atoms with Crippen LogP contribution in [-0.2, 0) is 0 Å². The number of hydrogen-bond acceptors (Lipinski definition) is 2. The first-order chi connectivity index (χ1) is 8.63. The first-order valence-corrected chi connectivity index (χ1v) is 6.30. The van der Waals surface area contributed by atoms with Crippen LogP contribution in [0.1, 0.15) is 0 Å². The molecule has 0 fully saturated rings. The molecule has 0 spiro atoms. The Balaban J connectivity index is 2.45. The van der Waals surface area contributed by atoms with Gasteiger partial charge in [0.2, 0.25) is 5.95 Å². The minimum atomic E-state index is 0.422. The number of hydrogen-bond donors (Lipinski definition) is 1. The zero-order valence-corrected chi connectivity index (χ0v) is 11.6. The molecule has 0 aliphatic heterocycles. The van der Waals surface area contributed by atoms with Crippen molar-refractivity contribution in [2.45, 2.75) is 0 Å². The number of rotatable bonds is 4. The predicted octanol–water partition coefficient (Wildman–Crippen LogP) is 4.43. The number of anilines is 1. The highest BCUT2D eigenvalue weighted by atomic mass is 35.5. The first kappa shape index (κ1) is 13.3. The number of halogens is 3. The van der Waals surface area contributed by atoms with Crippen LogP contribution < -0.4 is 5.32 Å². The fourth-order valence-electron chi connectivity index (χ4n) is 1.49. The van der Waals surface area contributed by atoms with Crippen LogP contribution in [0.2, 0.25) is 15.1 Å². The molecule has 1 aromatic heterocycles. The Morgan fingerprint density at radius 1 is 1.22 bits per heavy atom. The minimum Gasteiger partial charge on any atom is -0.352 e. The van der Waals surface area contributed by atoms with E-state index in [2.05, 4.69) is 16.9 Å². The highest BCUT2D eigenvalue weighted by Crippen LogP contribution is 2.32. The quantitative estimate of drug-likeness (QED) is 0.669. The second-order valence-corrected chi connectivity index (χ2v) is 4.73. The lowest BCUT2D eigenvalue weighted by atomic mass is 10.3. The second kappa shape index (κ2) is 5.65. The van der Waals surface area contributed by atoms with Crippen LogP contribution in [0.5, 0.6) is 0 Å². The topological polar surface area (TPSA) is 29.9 Å². The van der Waals surface area contributed by atoms with Crippen molar-refractivity contribution in [1.29, 1.82) is 0 Å². The highest BCUT2D eigenvalue weighted by molar-refractivity contribution is 6.43. The van der Waals surface area contributed by atoms with Gasteiger partial charge in [-0.05, 0) is 12.1 Å². The van der Waals surface area contributed by atoms with Crippen LogP contribution in [0, 0.1) is 0 Å². The van der Waals surface area contributed by atoms with Crippen molar-refractivity contribution in [2.75, 3.05) is 11.9 Å². The van der Waals surface area contributed by atoms with Gasteiger partial charge in [-0.1, -0.05) is 40.9 Å². The third-order valence-electron chi connectivity index (χ3n) is 2.29. The summed E-state index contributed by atoms with van der Waals surface area (Å²) in [5, 5.41) is 4.47. The van der Waals surface area contributed by atoms with Crippen molar-refractivity contribution in [3.63, 3.8) is 0 Å². The maximum Gasteiger partial charge on any atom is 0.207 e. The summed E-state index contributed by atoms with van der Waals surface area (Å²) in [6.07, 6.45) is 5.20. The molecule has 2 rings (SSSR count). The van der Waals surface area contributed by atoms with Gasteiger partial charge < -0.3 is 5.32 Å². The number of aromatic nitrogens is 2. The van der Waals surface area contributed by atoms with Gasteiger partial charge in [-0.2, -0.15) is 0 Å². The van der Waals surface area contributed by atoms with E-state index in [4.69, 9.17) is 34.8 Å². The Morgan fingerprint density at radius 3 is 2.67 bits per heavy atom. The standard InChI is InChI=1S/C12H10Cl3N3/c1-2-3-16-12-17-4-5-18(12)11-7-9(14)8(13)6-10(11)15/h2,4-7H,1,3H2,(H,16,17). The molecule has 0 amide bonds. The monoisotopic (exact) mass is 301 g/mol. The average molecular weight is 303 g/mol. The summed E-state index contributed by atoms with van der Waals surface area (Å²) < 4.78 is 1.80. The first-order valence-electron chi connectivity index (χ1n) is 5.16. The van der Waals surface area contributed by atoms with Gasteiger partial charge in [-0.3, -0.25) is 4.57 Å². The molecule has 0 aliphatic rings.